The molecule has 1 aliphatic heterocycles. The Kier molecular flexibility index (Phi) is 5.88. The number of benzene rings is 1. The third-order valence-electron chi connectivity index (χ3n) is 4.48. The largest absolute Gasteiger partial charge is 0.497 e. The van der Waals surface area contributed by atoms with Crippen LogP contribution in [0.2, 0.25) is 0 Å². The molecule has 1 fully saturated rings. The lowest BCUT2D eigenvalue weighted by Gasteiger charge is -2.35. The van der Waals surface area contributed by atoms with E-state index in [4.69, 9.17) is 4.74 Å². The van der Waals surface area contributed by atoms with Crippen LogP contribution in [0.3, 0.4) is 0 Å². The van der Waals surface area contributed by atoms with Gasteiger partial charge in [0, 0.05) is 32.7 Å². The van der Waals surface area contributed by atoms with Crippen molar-refractivity contribution in [2.75, 3.05) is 50.1 Å². The molecular weight excluding hydrogens is 330 g/mol. The van der Waals surface area contributed by atoms with Crippen LogP contribution < -0.4 is 15.0 Å². The third kappa shape index (κ3) is 4.41. The van der Waals surface area contributed by atoms with Crippen LogP contribution in [0.1, 0.15) is 12.5 Å². The Hall–Kier alpha value is -2.83. The number of nitrogens with zero attached hydrogens (tertiary/aromatic N) is 4. The van der Waals surface area contributed by atoms with Gasteiger partial charge in [-0.15, -0.1) is 10.2 Å². The fourth-order valence-corrected chi connectivity index (χ4v) is 2.98. The van der Waals surface area contributed by atoms with Crippen molar-refractivity contribution in [2.24, 2.45) is 0 Å². The Morgan fingerprint density at radius 2 is 1.81 bits per heavy atom. The second kappa shape index (κ2) is 8.51. The summed E-state index contributed by atoms with van der Waals surface area (Å²) in [5.41, 5.74) is 1.00. The van der Waals surface area contributed by atoms with Crippen LogP contribution in [0, 0.1) is 0 Å². The molecule has 0 atom stereocenters. The molecule has 0 saturated carbocycles. The fraction of sp³-hybridized carbons (Fsp3) is 0.421. The fourth-order valence-electron chi connectivity index (χ4n) is 2.98. The molecule has 0 spiro atoms. The highest BCUT2D eigenvalue weighted by atomic mass is 16.5. The first kappa shape index (κ1) is 18.0. The monoisotopic (exact) mass is 355 g/mol. The average Bonchev–Trinajstić information content (AvgIpc) is 2.69. The zero-order chi connectivity index (χ0) is 18.4. The first-order valence-corrected chi connectivity index (χ1v) is 8.93. The highest BCUT2D eigenvalue weighted by Crippen LogP contribution is 2.16. The van der Waals surface area contributed by atoms with Crippen LogP contribution in [-0.2, 0) is 11.2 Å². The molecule has 7 heteroatoms. The van der Waals surface area contributed by atoms with Crippen molar-refractivity contribution in [3.63, 3.8) is 0 Å². The van der Waals surface area contributed by atoms with E-state index < -0.39 is 0 Å². The van der Waals surface area contributed by atoms with Crippen molar-refractivity contribution in [3.05, 3.63) is 42.0 Å². The molecule has 1 aromatic carbocycles. The first-order chi connectivity index (χ1) is 12.7. The predicted molar refractivity (Wildman–Crippen MR) is 102 cm³/mol. The van der Waals surface area contributed by atoms with E-state index in [-0.39, 0.29) is 5.91 Å². The molecule has 1 aromatic heterocycles. The number of hydrogen-bond donors (Lipinski definition) is 1. The van der Waals surface area contributed by atoms with Gasteiger partial charge in [-0.25, -0.2) is 0 Å². The van der Waals surface area contributed by atoms with Gasteiger partial charge in [-0.1, -0.05) is 12.1 Å². The standard InChI is InChI=1S/C19H25N5O2/c1-3-20-17-8-9-18(22-21-17)23-10-12-24(13-11-23)19(25)14-15-4-6-16(26-2)7-5-15/h4-9H,3,10-14H2,1-2H3,(H,20,21). The van der Waals surface area contributed by atoms with Crippen LogP contribution in [0.25, 0.3) is 0 Å². The lowest BCUT2D eigenvalue weighted by molar-refractivity contribution is -0.130. The van der Waals surface area contributed by atoms with E-state index in [0.29, 0.717) is 19.5 Å². The minimum absolute atomic E-state index is 0.156. The summed E-state index contributed by atoms with van der Waals surface area (Å²) in [6.45, 7) is 5.78. The number of piperazine rings is 1. The third-order valence-corrected chi connectivity index (χ3v) is 4.48. The van der Waals surface area contributed by atoms with Crippen molar-refractivity contribution >= 4 is 17.5 Å². The van der Waals surface area contributed by atoms with E-state index in [1.165, 1.54) is 0 Å². The zero-order valence-corrected chi connectivity index (χ0v) is 15.3. The Morgan fingerprint density at radius 3 is 2.38 bits per heavy atom. The summed E-state index contributed by atoms with van der Waals surface area (Å²) in [7, 11) is 1.64. The molecule has 1 aliphatic rings. The topological polar surface area (TPSA) is 70.6 Å². The summed E-state index contributed by atoms with van der Waals surface area (Å²) in [6, 6.07) is 11.6. The summed E-state index contributed by atoms with van der Waals surface area (Å²) in [6.07, 6.45) is 0.418. The number of amides is 1. The molecule has 26 heavy (non-hydrogen) atoms. The van der Waals surface area contributed by atoms with Crippen LogP contribution in [0.15, 0.2) is 36.4 Å². The van der Waals surface area contributed by atoms with E-state index in [1.54, 1.807) is 7.11 Å². The van der Waals surface area contributed by atoms with E-state index >= 15 is 0 Å². The Labute approximate surface area is 154 Å². The van der Waals surface area contributed by atoms with Gasteiger partial charge < -0.3 is 19.9 Å². The van der Waals surface area contributed by atoms with Gasteiger partial charge in [0.15, 0.2) is 5.82 Å². The van der Waals surface area contributed by atoms with Crippen molar-refractivity contribution in [1.82, 2.24) is 15.1 Å². The summed E-state index contributed by atoms with van der Waals surface area (Å²) < 4.78 is 5.15. The Bertz CT molecular complexity index is 710. The van der Waals surface area contributed by atoms with Gasteiger partial charge in [0.2, 0.25) is 5.91 Å². The molecule has 7 nitrogen and oxygen atoms in total. The van der Waals surface area contributed by atoms with Gasteiger partial charge in [0.25, 0.3) is 0 Å². The number of hydrogen-bond acceptors (Lipinski definition) is 6. The zero-order valence-electron chi connectivity index (χ0n) is 15.3. The molecule has 138 valence electrons. The molecular formula is C19H25N5O2. The molecule has 1 amide bonds. The second-order valence-electron chi connectivity index (χ2n) is 6.20. The molecule has 1 N–H and O–H groups in total. The average molecular weight is 355 g/mol. The highest BCUT2D eigenvalue weighted by Gasteiger charge is 2.22. The van der Waals surface area contributed by atoms with Gasteiger partial charge in [0.1, 0.15) is 11.6 Å². The quantitative estimate of drug-likeness (QED) is 0.852. The van der Waals surface area contributed by atoms with Crippen LogP contribution >= 0.6 is 0 Å². The molecule has 0 aliphatic carbocycles. The smallest absolute Gasteiger partial charge is 0.227 e. The maximum Gasteiger partial charge on any atom is 0.227 e. The van der Waals surface area contributed by atoms with E-state index in [1.807, 2.05) is 48.2 Å². The molecule has 3 rings (SSSR count). The number of ether oxygens (including phenoxy) is 1. The van der Waals surface area contributed by atoms with Gasteiger partial charge in [0.05, 0.1) is 13.5 Å². The SMILES string of the molecule is CCNc1ccc(N2CCN(C(=O)Cc3ccc(OC)cc3)CC2)nn1. The van der Waals surface area contributed by atoms with E-state index in [0.717, 1.165) is 42.6 Å². The predicted octanol–water partition coefficient (Wildman–Crippen LogP) is 1.81. The number of aromatic nitrogens is 2. The number of methoxy groups -OCH3 is 1. The molecule has 0 unspecified atom stereocenters. The van der Waals surface area contributed by atoms with Crippen molar-refractivity contribution in [2.45, 2.75) is 13.3 Å². The number of carbonyl (C=O) groups is 1. The normalized spacial score (nSPS) is 14.2. The van der Waals surface area contributed by atoms with Crippen molar-refractivity contribution in [1.29, 1.82) is 0 Å². The maximum absolute atomic E-state index is 12.5. The summed E-state index contributed by atoms with van der Waals surface area (Å²) in [5, 5.41) is 11.6. The minimum atomic E-state index is 0.156. The number of rotatable bonds is 6. The number of anilines is 2. The number of nitrogens with one attached hydrogen (secondary N) is 1. The van der Waals surface area contributed by atoms with Crippen molar-refractivity contribution < 1.29 is 9.53 Å². The van der Waals surface area contributed by atoms with Gasteiger partial charge in [-0.2, -0.15) is 0 Å². The van der Waals surface area contributed by atoms with Crippen molar-refractivity contribution in [3.8, 4) is 5.75 Å². The lowest BCUT2D eigenvalue weighted by Crippen LogP contribution is -2.49. The maximum atomic E-state index is 12.5. The molecule has 1 saturated heterocycles. The Morgan fingerprint density at radius 1 is 1.08 bits per heavy atom. The minimum Gasteiger partial charge on any atom is -0.497 e. The van der Waals surface area contributed by atoms with Gasteiger partial charge in [-0.3, -0.25) is 4.79 Å². The first-order valence-electron chi connectivity index (χ1n) is 8.93. The molecule has 2 aromatic rings. The molecule has 2 heterocycles. The number of carbonyl (C=O) groups excluding carboxylic acids is 1. The van der Waals surface area contributed by atoms with E-state index in [9.17, 15) is 4.79 Å². The van der Waals surface area contributed by atoms with Crippen LogP contribution in [0.4, 0.5) is 11.6 Å². The molecule has 0 bridgehead atoms. The Balaban J connectivity index is 1.51. The van der Waals surface area contributed by atoms with Gasteiger partial charge in [-0.05, 0) is 36.8 Å². The summed E-state index contributed by atoms with van der Waals surface area (Å²) >= 11 is 0. The summed E-state index contributed by atoms with van der Waals surface area (Å²) in [5.74, 6) is 2.60. The van der Waals surface area contributed by atoms with Crippen LogP contribution in [0.5, 0.6) is 5.75 Å². The lowest BCUT2D eigenvalue weighted by atomic mass is 10.1. The summed E-state index contributed by atoms with van der Waals surface area (Å²) in [4.78, 5) is 16.6. The molecule has 0 radical (unpaired) electrons. The highest BCUT2D eigenvalue weighted by molar-refractivity contribution is 5.79. The second-order valence-corrected chi connectivity index (χ2v) is 6.20. The van der Waals surface area contributed by atoms with E-state index in [2.05, 4.69) is 20.4 Å². The van der Waals surface area contributed by atoms with Gasteiger partial charge >= 0.3 is 0 Å². The van der Waals surface area contributed by atoms with Crippen LogP contribution in [-0.4, -0.2) is 60.8 Å².